The van der Waals surface area contributed by atoms with Crippen LogP contribution in [0, 0.1) is 46.3 Å². The van der Waals surface area contributed by atoms with Gasteiger partial charge < -0.3 is 24.4 Å². The number of methoxy groups -OCH3 is 1. The van der Waals surface area contributed by atoms with Gasteiger partial charge in [0.05, 0.1) is 19.3 Å². The normalized spacial score (nSPS) is 45.6. The fraction of sp³-hybridized carbons (Fsp3) is 0.897. The number of carbonyl (C=O) groups excluding carboxylic acids is 3. The topological polar surface area (TPSA) is 119 Å². The van der Waals surface area contributed by atoms with Gasteiger partial charge in [0.1, 0.15) is 12.2 Å². The lowest BCUT2D eigenvalue weighted by Crippen LogP contribution is -2.67. The Morgan fingerprint density at radius 1 is 0.919 bits per heavy atom. The first-order valence-corrected chi connectivity index (χ1v) is 14.1. The first-order chi connectivity index (χ1) is 17.3. The van der Waals surface area contributed by atoms with Gasteiger partial charge in [0, 0.05) is 25.7 Å². The number of ether oxygens (including phenoxy) is 3. The van der Waals surface area contributed by atoms with Gasteiger partial charge >= 0.3 is 17.9 Å². The monoisotopic (exact) mass is 522 g/mol. The van der Waals surface area contributed by atoms with Gasteiger partial charge in [-0.25, -0.2) is 0 Å². The number of hydrogen-bond acceptors (Lipinski definition) is 8. The smallest absolute Gasteiger partial charge is 0.305 e. The van der Waals surface area contributed by atoms with Crippen LogP contribution in [0.5, 0.6) is 0 Å². The zero-order valence-corrected chi connectivity index (χ0v) is 23.3. The average molecular weight is 523 g/mol. The molecule has 2 N–H and O–H groups in total. The number of hydrogen-bond donors (Lipinski definition) is 2. The average Bonchev–Trinajstić information content (AvgIpc) is 3.19. The van der Waals surface area contributed by atoms with Crippen LogP contribution in [0.2, 0.25) is 0 Å². The summed E-state index contributed by atoms with van der Waals surface area (Å²) in [5.41, 5.74) is -0.616. The molecule has 4 rings (SSSR count). The molecule has 4 aliphatic carbocycles. The van der Waals surface area contributed by atoms with Crippen molar-refractivity contribution in [2.24, 2.45) is 46.3 Å². The van der Waals surface area contributed by atoms with Gasteiger partial charge in [0.15, 0.2) is 0 Å². The highest BCUT2D eigenvalue weighted by molar-refractivity contribution is 5.69. The van der Waals surface area contributed by atoms with Gasteiger partial charge in [-0.2, -0.15) is 0 Å². The molecule has 8 heteroatoms. The molecule has 4 aliphatic rings. The summed E-state index contributed by atoms with van der Waals surface area (Å²) in [6.07, 6.45) is 3.24. The highest BCUT2D eigenvalue weighted by Gasteiger charge is 2.68. The summed E-state index contributed by atoms with van der Waals surface area (Å²) in [7, 11) is 1.40. The summed E-state index contributed by atoms with van der Waals surface area (Å²) in [6, 6.07) is 0. The Labute approximate surface area is 220 Å². The van der Waals surface area contributed by atoms with Crippen LogP contribution >= 0.6 is 0 Å². The van der Waals surface area contributed by atoms with Crippen molar-refractivity contribution in [2.75, 3.05) is 7.11 Å². The van der Waals surface area contributed by atoms with Crippen LogP contribution in [0.25, 0.3) is 0 Å². The standard InChI is InChI=1S/C29H46O8/c1-15(7-10-24(32)35-6)19-8-9-20-25-21(14-23(29(19,20)5)37-17(3)31)28(4)12-11-18(36-16(2)30)13-22(28)26(33)27(25)34/h15,18-23,25-27,33-34H,7-14H2,1-6H3. The number of esters is 3. The molecule has 12 unspecified atom stereocenters. The minimum absolute atomic E-state index is 0.0840. The summed E-state index contributed by atoms with van der Waals surface area (Å²) in [4.78, 5) is 35.8. The second-order valence-electron chi connectivity index (χ2n) is 12.9. The Morgan fingerprint density at radius 2 is 1.59 bits per heavy atom. The Hall–Kier alpha value is -1.67. The Morgan fingerprint density at radius 3 is 2.22 bits per heavy atom. The number of carbonyl (C=O) groups is 3. The number of fused-ring (bicyclic) bond motifs is 5. The first-order valence-electron chi connectivity index (χ1n) is 14.1. The largest absolute Gasteiger partial charge is 0.469 e. The minimum Gasteiger partial charge on any atom is -0.469 e. The van der Waals surface area contributed by atoms with Crippen LogP contribution in [-0.4, -0.2) is 59.6 Å². The van der Waals surface area contributed by atoms with Crippen molar-refractivity contribution in [3.8, 4) is 0 Å². The Balaban J connectivity index is 1.66. The molecule has 0 aliphatic heterocycles. The predicted octanol–water partition coefficient (Wildman–Crippen LogP) is 3.65. The van der Waals surface area contributed by atoms with Gasteiger partial charge in [-0.1, -0.05) is 20.8 Å². The van der Waals surface area contributed by atoms with E-state index < -0.39 is 12.2 Å². The molecule has 0 bridgehead atoms. The lowest BCUT2D eigenvalue weighted by molar-refractivity contribution is -0.248. The van der Waals surface area contributed by atoms with Crippen molar-refractivity contribution in [1.82, 2.24) is 0 Å². The summed E-state index contributed by atoms with van der Waals surface area (Å²) < 4.78 is 16.5. The van der Waals surface area contributed by atoms with Crippen molar-refractivity contribution in [3.63, 3.8) is 0 Å². The van der Waals surface area contributed by atoms with Crippen molar-refractivity contribution >= 4 is 17.9 Å². The molecule has 0 amide bonds. The van der Waals surface area contributed by atoms with Crippen LogP contribution < -0.4 is 0 Å². The van der Waals surface area contributed by atoms with Crippen molar-refractivity contribution in [3.05, 3.63) is 0 Å². The van der Waals surface area contributed by atoms with E-state index in [-0.39, 0.29) is 76.5 Å². The van der Waals surface area contributed by atoms with Gasteiger partial charge in [-0.15, -0.1) is 0 Å². The molecule has 210 valence electrons. The van der Waals surface area contributed by atoms with Gasteiger partial charge in [0.25, 0.3) is 0 Å². The molecule has 8 nitrogen and oxygen atoms in total. The van der Waals surface area contributed by atoms with E-state index in [0.717, 1.165) is 25.7 Å². The summed E-state index contributed by atoms with van der Waals surface area (Å²) in [6.45, 7) is 9.46. The molecule has 0 aromatic rings. The van der Waals surface area contributed by atoms with E-state index in [1.807, 2.05) is 0 Å². The fourth-order valence-electron chi connectivity index (χ4n) is 9.49. The third-order valence-corrected chi connectivity index (χ3v) is 11.2. The fourth-order valence-corrected chi connectivity index (χ4v) is 9.49. The molecule has 4 fully saturated rings. The molecule has 37 heavy (non-hydrogen) atoms. The summed E-state index contributed by atoms with van der Waals surface area (Å²) in [5, 5.41) is 23.1. The quantitative estimate of drug-likeness (QED) is 0.401. The predicted molar refractivity (Wildman–Crippen MR) is 135 cm³/mol. The molecule has 0 aromatic heterocycles. The van der Waals surface area contributed by atoms with E-state index in [1.54, 1.807) is 0 Å². The van der Waals surface area contributed by atoms with Crippen molar-refractivity contribution in [2.45, 2.75) is 110 Å². The molecule has 0 heterocycles. The molecule has 4 saturated carbocycles. The van der Waals surface area contributed by atoms with E-state index in [2.05, 4.69) is 20.8 Å². The van der Waals surface area contributed by atoms with Gasteiger partial charge in [-0.05, 0) is 85.9 Å². The number of aliphatic hydroxyl groups excluding tert-OH is 2. The highest BCUT2D eigenvalue weighted by Crippen LogP contribution is 2.69. The molecule has 0 aromatic carbocycles. The minimum atomic E-state index is -0.894. The van der Waals surface area contributed by atoms with E-state index >= 15 is 0 Å². The molecular formula is C29H46O8. The van der Waals surface area contributed by atoms with Crippen LogP contribution in [0.4, 0.5) is 0 Å². The molecular weight excluding hydrogens is 476 g/mol. The van der Waals surface area contributed by atoms with Crippen LogP contribution in [-0.2, 0) is 28.6 Å². The molecule has 0 radical (unpaired) electrons. The van der Waals surface area contributed by atoms with E-state index in [9.17, 15) is 24.6 Å². The van der Waals surface area contributed by atoms with Gasteiger partial charge in [-0.3, -0.25) is 14.4 Å². The van der Waals surface area contributed by atoms with E-state index in [0.29, 0.717) is 25.7 Å². The zero-order chi connectivity index (χ0) is 27.3. The van der Waals surface area contributed by atoms with Gasteiger partial charge in [0.2, 0.25) is 0 Å². The number of aliphatic hydroxyl groups is 2. The first kappa shape index (κ1) is 28.3. The van der Waals surface area contributed by atoms with E-state index in [4.69, 9.17) is 14.2 Å². The Bertz CT molecular complexity index is 889. The molecule has 0 spiro atoms. The lowest BCUT2D eigenvalue weighted by atomic mass is 9.42. The maximum absolute atomic E-state index is 12.3. The summed E-state index contributed by atoms with van der Waals surface area (Å²) in [5.74, 6) is -0.515. The van der Waals surface area contributed by atoms with E-state index in [1.165, 1.54) is 21.0 Å². The zero-order valence-electron chi connectivity index (χ0n) is 23.3. The van der Waals surface area contributed by atoms with Crippen LogP contribution in [0.3, 0.4) is 0 Å². The third-order valence-electron chi connectivity index (χ3n) is 11.2. The van der Waals surface area contributed by atoms with Crippen molar-refractivity contribution in [1.29, 1.82) is 0 Å². The molecule has 0 saturated heterocycles. The Kier molecular flexibility index (Phi) is 8.03. The third kappa shape index (κ3) is 4.81. The number of rotatable bonds is 6. The summed E-state index contributed by atoms with van der Waals surface area (Å²) >= 11 is 0. The van der Waals surface area contributed by atoms with Crippen LogP contribution in [0.15, 0.2) is 0 Å². The maximum Gasteiger partial charge on any atom is 0.305 e. The second kappa shape index (κ2) is 10.5. The molecule has 12 atom stereocenters. The maximum atomic E-state index is 12.3. The second-order valence-corrected chi connectivity index (χ2v) is 12.9. The van der Waals surface area contributed by atoms with Crippen LogP contribution in [0.1, 0.15) is 86.0 Å². The lowest BCUT2D eigenvalue weighted by Gasteiger charge is -2.65. The SMILES string of the molecule is COC(=O)CCC(C)C1CCC2C3C(O)C(O)C4CC(OC(C)=O)CCC4(C)C3CC(OC(C)=O)C12C. The van der Waals surface area contributed by atoms with Crippen molar-refractivity contribution < 1.29 is 38.8 Å². The highest BCUT2D eigenvalue weighted by atomic mass is 16.5.